The van der Waals surface area contributed by atoms with Gasteiger partial charge in [0.05, 0.1) is 19.8 Å². The van der Waals surface area contributed by atoms with Gasteiger partial charge in [-0.1, -0.05) is 13.8 Å². The maximum atomic E-state index is 11.0. The molecule has 1 atom stereocenters. The standard InChI is InChI=1S/C9H19NO4/c1-7(2)4-14-8(12)10-5-9(3,13)6-11/h7,11,13H,4-6H2,1-3H3,(H,10,12). The Morgan fingerprint density at radius 2 is 2.14 bits per heavy atom. The fourth-order valence-corrected chi connectivity index (χ4v) is 0.612. The number of nitrogens with one attached hydrogen (secondary N) is 1. The number of aliphatic hydroxyl groups is 2. The second kappa shape index (κ2) is 5.82. The third-order valence-corrected chi connectivity index (χ3v) is 1.50. The molecule has 0 aliphatic rings. The number of carbonyl (C=O) groups is 1. The van der Waals surface area contributed by atoms with E-state index in [1.165, 1.54) is 6.92 Å². The van der Waals surface area contributed by atoms with E-state index in [-0.39, 0.29) is 12.5 Å². The molecule has 0 aromatic carbocycles. The quantitative estimate of drug-likeness (QED) is 0.595. The maximum Gasteiger partial charge on any atom is 0.407 e. The van der Waals surface area contributed by atoms with Gasteiger partial charge in [-0.2, -0.15) is 0 Å². The van der Waals surface area contributed by atoms with Crippen molar-refractivity contribution in [3.8, 4) is 0 Å². The molecule has 0 saturated heterocycles. The molecular formula is C9H19NO4. The Morgan fingerprint density at radius 1 is 1.57 bits per heavy atom. The molecule has 0 heterocycles. The molecule has 0 saturated carbocycles. The molecule has 0 aromatic rings. The first-order chi connectivity index (χ1) is 6.37. The molecule has 0 fully saturated rings. The van der Waals surface area contributed by atoms with E-state index in [1.54, 1.807) is 0 Å². The van der Waals surface area contributed by atoms with E-state index in [0.717, 1.165) is 0 Å². The molecule has 0 aromatic heterocycles. The molecule has 0 rings (SSSR count). The number of rotatable bonds is 5. The summed E-state index contributed by atoms with van der Waals surface area (Å²) in [7, 11) is 0. The van der Waals surface area contributed by atoms with Crippen LogP contribution in [-0.2, 0) is 4.74 Å². The second-order valence-corrected chi connectivity index (χ2v) is 4.00. The molecule has 0 spiro atoms. The highest BCUT2D eigenvalue weighted by atomic mass is 16.5. The van der Waals surface area contributed by atoms with Crippen LogP contribution in [0.3, 0.4) is 0 Å². The first-order valence-corrected chi connectivity index (χ1v) is 4.61. The first-order valence-electron chi connectivity index (χ1n) is 4.61. The van der Waals surface area contributed by atoms with Crippen molar-refractivity contribution in [1.29, 1.82) is 0 Å². The lowest BCUT2D eigenvalue weighted by molar-refractivity contribution is 0.00214. The number of hydrogen-bond acceptors (Lipinski definition) is 4. The van der Waals surface area contributed by atoms with Crippen LogP contribution in [0.5, 0.6) is 0 Å². The van der Waals surface area contributed by atoms with Gasteiger partial charge in [0.25, 0.3) is 0 Å². The van der Waals surface area contributed by atoms with Crippen LogP contribution >= 0.6 is 0 Å². The summed E-state index contributed by atoms with van der Waals surface area (Å²) in [5.41, 5.74) is -1.29. The number of ether oxygens (including phenoxy) is 1. The predicted octanol–water partition coefficient (Wildman–Crippen LogP) is 0.112. The monoisotopic (exact) mass is 205 g/mol. The Labute approximate surface area is 84.1 Å². The van der Waals surface area contributed by atoms with E-state index in [2.05, 4.69) is 5.32 Å². The van der Waals surface area contributed by atoms with Crippen molar-refractivity contribution in [1.82, 2.24) is 5.32 Å². The SMILES string of the molecule is CC(C)COC(=O)NCC(C)(O)CO. The average molecular weight is 205 g/mol. The smallest absolute Gasteiger partial charge is 0.407 e. The van der Waals surface area contributed by atoms with Gasteiger partial charge in [0.2, 0.25) is 0 Å². The maximum absolute atomic E-state index is 11.0. The van der Waals surface area contributed by atoms with E-state index < -0.39 is 18.3 Å². The van der Waals surface area contributed by atoms with Gasteiger partial charge < -0.3 is 20.3 Å². The summed E-state index contributed by atoms with van der Waals surface area (Å²) >= 11 is 0. The molecule has 0 radical (unpaired) electrons. The van der Waals surface area contributed by atoms with Crippen molar-refractivity contribution in [3.63, 3.8) is 0 Å². The third-order valence-electron chi connectivity index (χ3n) is 1.50. The zero-order valence-electron chi connectivity index (χ0n) is 8.91. The van der Waals surface area contributed by atoms with Gasteiger partial charge in [-0.15, -0.1) is 0 Å². The summed E-state index contributed by atoms with van der Waals surface area (Å²) in [4.78, 5) is 11.0. The molecule has 1 amide bonds. The van der Waals surface area contributed by atoms with Crippen molar-refractivity contribution in [3.05, 3.63) is 0 Å². The Hall–Kier alpha value is -0.810. The molecule has 5 heteroatoms. The van der Waals surface area contributed by atoms with Crippen LogP contribution in [0.1, 0.15) is 20.8 Å². The van der Waals surface area contributed by atoms with Crippen molar-refractivity contribution >= 4 is 6.09 Å². The number of aliphatic hydroxyl groups excluding tert-OH is 1. The van der Waals surface area contributed by atoms with Gasteiger partial charge in [0.15, 0.2) is 0 Å². The van der Waals surface area contributed by atoms with E-state index >= 15 is 0 Å². The Kier molecular flexibility index (Phi) is 5.49. The Balaban J connectivity index is 3.64. The molecule has 14 heavy (non-hydrogen) atoms. The van der Waals surface area contributed by atoms with Crippen molar-refractivity contribution in [2.24, 2.45) is 5.92 Å². The zero-order chi connectivity index (χ0) is 11.2. The normalized spacial score (nSPS) is 15.0. The van der Waals surface area contributed by atoms with E-state index in [4.69, 9.17) is 9.84 Å². The minimum absolute atomic E-state index is 0.0274. The molecule has 3 N–H and O–H groups in total. The van der Waals surface area contributed by atoms with Crippen molar-refractivity contribution in [2.45, 2.75) is 26.4 Å². The highest BCUT2D eigenvalue weighted by Gasteiger charge is 2.20. The molecule has 84 valence electrons. The van der Waals surface area contributed by atoms with E-state index in [0.29, 0.717) is 6.61 Å². The van der Waals surface area contributed by atoms with Crippen LogP contribution in [0.2, 0.25) is 0 Å². The van der Waals surface area contributed by atoms with Crippen LogP contribution < -0.4 is 5.32 Å². The molecule has 0 aliphatic heterocycles. The minimum Gasteiger partial charge on any atom is -0.449 e. The lowest BCUT2D eigenvalue weighted by atomic mass is 10.1. The molecule has 1 unspecified atom stereocenters. The van der Waals surface area contributed by atoms with Crippen LogP contribution in [0.4, 0.5) is 4.79 Å². The molecule has 0 aliphatic carbocycles. The highest BCUT2D eigenvalue weighted by Crippen LogP contribution is 1.99. The van der Waals surface area contributed by atoms with Gasteiger partial charge in [-0.3, -0.25) is 0 Å². The fourth-order valence-electron chi connectivity index (χ4n) is 0.612. The van der Waals surface area contributed by atoms with Crippen LogP contribution in [0.15, 0.2) is 0 Å². The lowest BCUT2D eigenvalue weighted by Gasteiger charge is -2.20. The third kappa shape index (κ3) is 6.68. The molecule has 5 nitrogen and oxygen atoms in total. The van der Waals surface area contributed by atoms with Gasteiger partial charge in [-0.25, -0.2) is 4.79 Å². The van der Waals surface area contributed by atoms with E-state index in [1.807, 2.05) is 13.8 Å². The number of hydrogen-bond donors (Lipinski definition) is 3. The van der Waals surface area contributed by atoms with Gasteiger partial charge in [-0.05, 0) is 12.8 Å². The molecular weight excluding hydrogens is 186 g/mol. The summed E-state index contributed by atoms with van der Waals surface area (Å²) in [5, 5.41) is 20.4. The summed E-state index contributed by atoms with van der Waals surface area (Å²) in [6, 6.07) is 0. The lowest BCUT2D eigenvalue weighted by Crippen LogP contribution is -2.43. The topological polar surface area (TPSA) is 78.8 Å². The summed E-state index contributed by atoms with van der Waals surface area (Å²) in [6.07, 6.45) is -0.576. The van der Waals surface area contributed by atoms with Gasteiger partial charge in [0.1, 0.15) is 5.60 Å². The largest absolute Gasteiger partial charge is 0.449 e. The summed E-state index contributed by atoms with van der Waals surface area (Å²) in [5.74, 6) is 0.277. The summed E-state index contributed by atoms with van der Waals surface area (Å²) in [6.45, 7) is 5.19. The average Bonchev–Trinajstić information content (AvgIpc) is 2.11. The number of amides is 1. The van der Waals surface area contributed by atoms with E-state index in [9.17, 15) is 9.90 Å². The Morgan fingerprint density at radius 3 is 2.57 bits per heavy atom. The highest BCUT2D eigenvalue weighted by molar-refractivity contribution is 5.67. The number of alkyl carbamates (subject to hydrolysis) is 1. The fraction of sp³-hybridized carbons (Fsp3) is 0.889. The summed E-state index contributed by atoms with van der Waals surface area (Å²) < 4.78 is 4.80. The van der Waals surface area contributed by atoms with Crippen LogP contribution in [-0.4, -0.2) is 41.7 Å². The zero-order valence-corrected chi connectivity index (χ0v) is 8.91. The molecule has 0 bridgehead atoms. The van der Waals surface area contributed by atoms with Gasteiger partial charge in [0, 0.05) is 0 Å². The van der Waals surface area contributed by atoms with Crippen LogP contribution in [0, 0.1) is 5.92 Å². The van der Waals surface area contributed by atoms with Gasteiger partial charge >= 0.3 is 6.09 Å². The van der Waals surface area contributed by atoms with Crippen molar-refractivity contribution < 1.29 is 19.7 Å². The van der Waals surface area contributed by atoms with Crippen LogP contribution in [0.25, 0.3) is 0 Å². The number of carbonyl (C=O) groups excluding carboxylic acids is 1. The minimum atomic E-state index is -1.29. The first kappa shape index (κ1) is 13.2. The second-order valence-electron chi connectivity index (χ2n) is 4.00. The van der Waals surface area contributed by atoms with Crippen molar-refractivity contribution in [2.75, 3.05) is 19.8 Å². The Bertz CT molecular complexity index is 180. The predicted molar refractivity (Wildman–Crippen MR) is 51.9 cm³/mol.